The highest BCUT2D eigenvalue weighted by Crippen LogP contribution is 2.47. The number of hydrogen-bond acceptors (Lipinski definition) is 2. The molecule has 0 aromatic carbocycles. The molecular formula is C18H21N3O. The van der Waals surface area contributed by atoms with Gasteiger partial charge >= 0.3 is 0 Å². The summed E-state index contributed by atoms with van der Waals surface area (Å²) < 4.78 is 1.97. The third-order valence-corrected chi connectivity index (χ3v) is 4.25. The van der Waals surface area contributed by atoms with Gasteiger partial charge in [0.05, 0.1) is 12.1 Å². The molecule has 2 heterocycles. The van der Waals surface area contributed by atoms with E-state index in [1.165, 1.54) is 12.8 Å². The fourth-order valence-electron chi connectivity index (χ4n) is 2.61. The molecule has 0 atom stereocenters. The molecule has 1 fully saturated rings. The Kier molecular flexibility index (Phi) is 3.84. The van der Waals surface area contributed by atoms with Gasteiger partial charge in [0, 0.05) is 24.4 Å². The van der Waals surface area contributed by atoms with Crippen LogP contribution in [0.3, 0.4) is 0 Å². The lowest BCUT2D eigenvalue weighted by Crippen LogP contribution is -2.25. The largest absolute Gasteiger partial charge is 0.352 e. The van der Waals surface area contributed by atoms with Crippen LogP contribution in [0.2, 0.25) is 0 Å². The number of rotatable bonds is 6. The minimum Gasteiger partial charge on any atom is -0.352 e. The highest BCUT2D eigenvalue weighted by Gasteiger charge is 2.36. The number of fused-ring (bicyclic) bond motifs is 1. The van der Waals surface area contributed by atoms with Crippen LogP contribution in [0.15, 0.2) is 49.3 Å². The molecule has 1 aliphatic rings. The van der Waals surface area contributed by atoms with E-state index in [0.717, 1.165) is 16.9 Å². The fraction of sp³-hybridized carbons (Fsp3) is 0.333. The predicted octanol–water partition coefficient (Wildman–Crippen LogP) is 2.82. The molecule has 22 heavy (non-hydrogen) atoms. The summed E-state index contributed by atoms with van der Waals surface area (Å²) in [6.07, 6.45) is 12.6. The first kappa shape index (κ1) is 14.6. The van der Waals surface area contributed by atoms with Crippen molar-refractivity contribution in [3.05, 3.63) is 60.6 Å². The van der Waals surface area contributed by atoms with Gasteiger partial charge in [-0.3, -0.25) is 4.79 Å². The summed E-state index contributed by atoms with van der Waals surface area (Å²) in [5.74, 6) is 0.0106. The van der Waals surface area contributed by atoms with E-state index in [9.17, 15) is 4.79 Å². The minimum absolute atomic E-state index is 0.0106. The molecule has 0 bridgehead atoms. The lowest BCUT2D eigenvalue weighted by Gasteiger charge is -2.04. The van der Waals surface area contributed by atoms with Crippen LogP contribution in [0.5, 0.6) is 0 Å². The Morgan fingerprint density at radius 1 is 1.55 bits per heavy atom. The van der Waals surface area contributed by atoms with Crippen molar-refractivity contribution < 1.29 is 4.79 Å². The lowest BCUT2D eigenvalue weighted by atomic mass is 10.1. The number of hydrogen-bond donors (Lipinski definition) is 1. The van der Waals surface area contributed by atoms with Crippen molar-refractivity contribution in [2.24, 2.45) is 5.41 Å². The van der Waals surface area contributed by atoms with E-state index in [4.69, 9.17) is 0 Å². The van der Waals surface area contributed by atoms with Crippen LogP contribution in [-0.4, -0.2) is 21.8 Å². The number of carbonyl (C=O) groups is 1. The Bertz CT molecular complexity index is 738. The standard InChI is InChI=1S/C18H21N3O/c1-3-18(8-9-18)7-5-10-19-16(22)12-15-13-20-17-14(2)6-4-11-21(15)17/h3-7,11,13H,1,8-10,12H2,2H3,(H,19,22)/b7-5+. The third kappa shape index (κ3) is 2.96. The van der Waals surface area contributed by atoms with Crippen molar-refractivity contribution in [1.82, 2.24) is 14.7 Å². The Balaban J connectivity index is 1.57. The normalized spacial score (nSPS) is 16.0. The van der Waals surface area contributed by atoms with E-state index >= 15 is 0 Å². The maximum absolute atomic E-state index is 12.0. The van der Waals surface area contributed by atoms with Crippen LogP contribution < -0.4 is 5.32 Å². The molecule has 2 aromatic rings. The maximum Gasteiger partial charge on any atom is 0.226 e. The Labute approximate surface area is 130 Å². The molecule has 1 saturated carbocycles. The summed E-state index contributed by atoms with van der Waals surface area (Å²) in [6, 6.07) is 3.99. The molecule has 0 spiro atoms. The predicted molar refractivity (Wildman–Crippen MR) is 87.6 cm³/mol. The van der Waals surface area contributed by atoms with E-state index < -0.39 is 0 Å². The monoisotopic (exact) mass is 295 g/mol. The SMILES string of the molecule is C=CC1(/C=C/CNC(=O)Cc2cnc3c(C)cccn23)CC1. The second-order valence-corrected chi connectivity index (χ2v) is 5.95. The van der Waals surface area contributed by atoms with E-state index in [2.05, 4.69) is 23.0 Å². The molecule has 1 aliphatic carbocycles. The molecule has 1 amide bonds. The second kappa shape index (κ2) is 5.79. The number of imidazole rings is 1. The van der Waals surface area contributed by atoms with Crippen molar-refractivity contribution in [1.29, 1.82) is 0 Å². The van der Waals surface area contributed by atoms with Gasteiger partial charge in [-0.05, 0) is 31.4 Å². The van der Waals surface area contributed by atoms with Gasteiger partial charge in [-0.15, -0.1) is 6.58 Å². The van der Waals surface area contributed by atoms with Crippen molar-refractivity contribution in [2.45, 2.75) is 26.2 Å². The van der Waals surface area contributed by atoms with Gasteiger partial charge in [-0.2, -0.15) is 0 Å². The van der Waals surface area contributed by atoms with Gasteiger partial charge in [0.2, 0.25) is 5.91 Å². The van der Waals surface area contributed by atoms with E-state index in [1.54, 1.807) is 6.20 Å². The van der Waals surface area contributed by atoms with Crippen molar-refractivity contribution in [3.63, 3.8) is 0 Å². The molecule has 0 unspecified atom stereocenters. The van der Waals surface area contributed by atoms with Crippen LogP contribution in [0.25, 0.3) is 5.65 Å². The number of nitrogens with one attached hydrogen (secondary N) is 1. The quantitative estimate of drug-likeness (QED) is 0.833. The molecule has 0 radical (unpaired) electrons. The van der Waals surface area contributed by atoms with Crippen molar-refractivity contribution >= 4 is 11.6 Å². The average molecular weight is 295 g/mol. The number of carbonyl (C=O) groups excluding carboxylic acids is 1. The highest BCUT2D eigenvalue weighted by atomic mass is 16.1. The van der Waals surface area contributed by atoms with Crippen LogP contribution in [0.1, 0.15) is 24.1 Å². The summed E-state index contributed by atoms with van der Waals surface area (Å²) in [4.78, 5) is 16.4. The first-order chi connectivity index (χ1) is 10.6. The van der Waals surface area contributed by atoms with Gasteiger partial charge in [0.1, 0.15) is 5.65 Å². The maximum atomic E-state index is 12.0. The fourth-order valence-corrected chi connectivity index (χ4v) is 2.61. The van der Waals surface area contributed by atoms with Gasteiger partial charge in [0.25, 0.3) is 0 Å². The van der Waals surface area contributed by atoms with Gasteiger partial charge < -0.3 is 9.72 Å². The molecule has 4 heteroatoms. The summed E-state index contributed by atoms with van der Waals surface area (Å²) in [5.41, 5.74) is 3.12. The van der Waals surface area contributed by atoms with E-state index in [-0.39, 0.29) is 11.3 Å². The zero-order chi connectivity index (χ0) is 15.6. The third-order valence-electron chi connectivity index (χ3n) is 4.25. The van der Waals surface area contributed by atoms with Crippen molar-refractivity contribution in [2.75, 3.05) is 6.54 Å². The summed E-state index contributed by atoms with van der Waals surface area (Å²) in [7, 11) is 0. The molecule has 3 rings (SSSR count). The molecule has 2 aromatic heterocycles. The number of pyridine rings is 1. The molecular weight excluding hydrogens is 274 g/mol. The first-order valence-corrected chi connectivity index (χ1v) is 7.63. The zero-order valence-electron chi connectivity index (χ0n) is 12.9. The van der Waals surface area contributed by atoms with Crippen LogP contribution in [-0.2, 0) is 11.2 Å². The average Bonchev–Trinajstić information content (AvgIpc) is 3.19. The van der Waals surface area contributed by atoms with Gasteiger partial charge in [-0.1, -0.05) is 24.3 Å². The summed E-state index contributed by atoms with van der Waals surface area (Å²) >= 11 is 0. The molecule has 0 aliphatic heterocycles. The molecule has 4 nitrogen and oxygen atoms in total. The van der Waals surface area contributed by atoms with E-state index in [0.29, 0.717) is 13.0 Å². The van der Waals surface area contributed by atoms with Gasteiger partial charge in [0.15, 0.2) is 0 Å². The van der Waals surface area contributed by atoms with Gasteiger partial charge in [-0.25, -0.2) is 4.98 Å². The number of amides is 1. The number of aryl methyl sites for hydroxylation is 1. The number of aromatic nitrogens is 2. The molecule has 0 saturated heterocycles. The molecule has 1 N–H and O–H groups in total. The van der Waals surface area contributed by atoms with Crippen LogP contribution in [0, 0.1) is 12.3 Å². The Morgan fingerprint density at radius 3 is 3.09 bits per heavy atom. The smallest absolute Gasteiger partial charge is 0.226 e. The lowest BCUT2D eigenvalue weighted by molar-refractivity contribution is -0.120. The second-order valence-electron chi connectivity index (χ2n) is 5.95. The summed E-state index contributed by atoms with van der Waals surface area (Å²) in [6.45, 7) is 6.42. The molecule has 114 valence electrons. The Hall–Kier alpha value is -2.36. The van der Waals surface area contributed by atoms with Crippen molar-refractivity contribution in [3.8, 4) is 0 Å². The Morgan fingerprint density at radius 2 is 2.36 bits per heavy atom. The minimum atomic E-state index is 0.0106. The van der Waals surface area contributed by atoms with Crippen LogP contribution >= 0.6 is 0 Å². The van der Waals surface area contributed by atoms with E-state index in [1.807, 2.05) is 41.8 Å². The number of nitrogens with zero attached hydrogens (tertiary/aromatic N) is 2. The zero-order valence-corrected chi connectivity index (χ0v) is 12.9. The number of allylic oxidation sites excluding steroid dienone is 2. The highest BCUT2D eigenvalue weighted by molar-refractivity contribution is 5.78. The van der Waals surface area contributed by atoms with Crippen LogP contribution in [0.4, 0.5) is 0 Å². The summed E-state index contributed by atoms with van der Waals surface area (Å²) in [5, 5.41) is 2.92. The first-order valence-electron chi connectivity index (χ1n) is 7.63. The topological polar surface area (TPSA) is 46.4 Å².